The molecular weight excluding hydrogens is 255 g/mol. The van der Waals surface area contributed by atoms with Gasteiger partial charge in [0.05, 0.1) is 0 Å². The van der Waals surface area contributed by atoms with E-state index >= 15 is 0 Å². The molecule has 0 saturated heterocycles. The fraction of sp³-hybridized carbons (Fsp3) is 1.00. The van der Waals surface area contributed by atoms with Crippen molar-refractivity contribution in [1.82, 2.24) is 0 Å². The van der Waals surface area contributed by atoms with Gasteiger partial charge in [-0.25, -0.2) is 0 Å². The maximum absolute atomic E-state index is 3.37. The highest BCUT2D eigenvalue weighted by Crippen LogP contribution is 2.02. The average molecular weight is 263 g/mol. The second-order valence-electron chi connectivity index (χ2n) is 1.41. The van der Waals surface area contributed by atoms with Gasteiger partial charge < -0.3 is 0 Å². The lowest BCUT2D eigenvalue weighted by Gasteiger charge is -1.96. The summed E-state index contributed by atoms with van der Waals surface area (Å²) in [6, 6.07) is 0. The van der Waals surface area contributed by atoms with E-state index in [4.69, 9.17) is 0 Å². The molecule has 0 amide bonds. The molecule has 0 saturated carbocycles. The van der Waals surface area contributed by atoms with Gasteiger partial charge in [-0.2, -0.15) is 0 Å². The van der Waals surface area contributed by atoms with Crippen LogP contribution in [0.15, 0.2) is 0 Å². The van der Waals surface area contributed by atoms with E-state index in [0.717, 1.165) is 11.2 Å². The Bertz CT molecular complexity index is 26.7. The van der Waals surface area contributed by atoms with Crippen molar-refractivity contribution < 1.29 is 0 Å². The van der Waals surface area contributed by atoms with Crippen molar-refractivity contribution in [2.75, 3.05) is 9.76 Å². The fourth-order valence-corrected chi connectivity index (χ4v) is 1.44. The van der Waals surface area contributed by atoms with E-state index < -0.39 is 0 Å². The van der Waals surface area contributed by atoms with Gasteiger partial charge in [0, 0.05) is 9.76 Å². The summed E-state index contributed by atoms with van der Waals surface area (Å²) in [6.45, 7) is 2.22. The molecule has 0 aliphatic carbocycles. The summed E-state index contributed by atoms with van der Waals surface area (Å²) in [5.74, 6) is 0.839. The third-order valence-corrected chi connectivity index (χ3v) is 3.14. The van der Waals surface area contributed by atoms with E-state index in [1.165, 1.54) is 4.43 Å². The van der Waals surface area contributed by atoms with E-state index in [0.29, 0.717) is 0 Å². The fourth-order valence-electron chi connectivity index (χ4n) is 0.0412. The molecule has 38 valence electrons. The Balaban J connectivity index is 2.75. The quantitative estimate of drug-likeness (QED) is 0.530. The van der Waals surface area contributed by atoms with Crippen LogP contribution >= 0.6 is 38.5 Å². The Kier molecular flexibility index (Phi) is 5.25. The maximum Gasteiger partial charge on any atom is 0.00643 e. The Morgan fingerprint density at radius 1 is 1.83 bits per heavy atom. The van der Waals surface area contributed by atoms with Gasteiger partial charge >= 0.3 is 0 Å². The third-order valence-electron chi connectivity index (χ3n) is 0.527. The number of hydrogen-bond acceptors (Lipinski definition) is 0. The van der Waals surface area contributed by atoms with Gasteiger partial charge in [0.15, 0.2) is 0 Å². The molecule has 0 heterocycles. The van der Waals surface area contributed by atoms with Crippen LogP contribution in [0, 0.1) is 5.92 Å². The number of hydrogen-bond donors (Lipinski definition) is 0. The number of rotatable bonds is 2. The van der Waals surface area contributed by atoms with E-state index in [1.54, 1.807) is 0 Å². The first-order valence-corrected chi connectivity index (χ1v) is 4.58. The van der Waals surface area contributed by atoms with Crippen molar-refractivity contribution in [2.45, 2.75) is 6.92 Å². The summed E-state index contributed by atoms with van der Waals surface area (Å²) in [4.78, 5) is 0. The van der Waals surface area contributed by atoms with Crippen LogP contribution in [0.1, 0.15) is 6.92 Å². The molecule has 0 fully saturated rings. The normalized spacial score (nSPS) is 14.5. The van der Waals surface area contributed by atoms with Crippen LogP contribution in [0.2, 0.25) is 0 Å². The van der Waals surface area contributed by atoms with Gasteiger partial charge in [-0.1, -0.05) is 45.4 Å². The zero-order valence-electron chi connectivity index (χ0n) is 3.75. The van der Waals surface area contributed by atoms with E-state index in [1.807, 2.05) is 0 Å². The lowest BCUT2D eigenvalue weighted by molar-refractivity contribution is 0.784. The number of alkyl halides is 2. The second kappa shape index (κ2) is 4.37. The van der Waals surface area contributed by atoms with Gasteiger partial charge in [0.1, 0.15) is 0 Å². The first-order chi connectivity index (χ1) is 2.81. The van der Waals surface area contributed by atoms with Crippen LogP contribution in [0.5, 0.6) is 0 Å². The van der Waals surface area contributed by atoms with Gasteiger partial charge in [0.2, 0.25) is 0 Å². The minimum Gasteiger partial charge on any atom is -0.0925 e. The first kappa shape index (κ1) is 7.21. The van der Waals surface area contributed by atoms with E-state index in [2.05, 4.69) is 45.4 Å². The molecule has 1 unspecified atom stereocenters. The largest absolute Gasteiger partial charge is 0.0925 e. The Morgan fingerprint density at radius 2 is 2.33 bits per heavy atom. The van der Waals surface area contributed by atoms with Crippen LogP contribution in [0.25, 0.3) is 0 Å². The number of halogens is 2. The summed E-state index contributed by atoms with van der Waals surface area (Å²) in [7, 11) is 0. The molecule has 2 heteroatoms. The molecule has 6 heavy (non-hydrogen) atoms. The van der Waals surface area contributed by atoms with Crippen LogP contribution in [0.4, 0.5) is 0 Å². The standard InChI is InChI=1S/C4H8BrI/c1-4(2-5)3-6/h4H,2-3H2,1H3. The highest BCUT2D eigenvalue weighted by Gasteiger charge is 1.91. The Labute approximate surface area is 61.0 Å². The Hall–Kier alpha value is 1.21. The van der Waals surface area contributed by atoms with Crippen molar-refractivity contribution in [3.63, 3.8) is 0 Å². The molecule has 0 aromatic rings. The highest BCUT2D eigenvalue weighted by atomic mass is 127. The topological polar surface area (TPSA) is 0 Å². The zero-order chi connectivity index (χ0) is 4.99. The molecule has 1 atom stereocenters. The van der Waals surface area contributed by atoms with Gasteiger partial charge in [-0.3, -0.25) is 0 Å². The SMILES string of the molecule is CC(CBr)CI. The second-order valence-corrected chi connectivity index (χ2v) is 2.94. The molecule has 0 N–H and O–H groups in total. The molecule has 0 aromatic carbocycles. The molecule has 0 rings (SSSR count). The molecule has 0 aliphatic heterocycles. The lowest BCUT2D eigenvalue weighted by atomic mass is 10.3. The minimum atomic E-state index is 0.839. The predicted octanol–water partition coefficient (Wildman–Crippen LogP) is 2.45. The lowest BCUT2D eigenvalue weighted by Crippen LogP contribution is -1.93. The zero-order valence-corrected chi connectivity index (χ0v) is 7.49. The molecule has 0 spiro atoms. The molecule has 0 nitrogen and oxygen atoms in total. The smallest absolute Gasteiger partial charge is 0.00643 e. The third kappa shape index (κ3) is 3.40. The van der Waals surface area contributed by atoms with Gasteiger partial charge in [-0.15, -0.1) is 0 Å². The van der Waals surface area contributed by atoms with Crippen molar-refractivity contribution in [1.29, 1.82) is 0 Å². The van der Waals surface area contributed by atoms with Crippen LogP contribution < -0.4 is 0 Å². The molecule has 0 bridgehead atoms. The summed E-state index contributed by atoms with van der Waals surface area (Å²) in [6.07, 6.45) is 0. The summed E-state index contributed by atoms with van der Waals surface area (Å²) in [5, 5.41) is 1.13. The Morgan fingerprint density at radius 3 is 2.33 bits per heavy atom. The van der Waals surface area contributed by atoms with Crippen molar-refractivity contribution in [2.24, 2.45) is 5.92 Å². The first-order valence-electron chi connectivity index (χ1n) is 1.93. The molecule has 0 aromatic heterocycles. The summed E-state index contributed by atoms with van der Waals surface area (Å²) >= 11 is 5.75. The van der Waals surface area contributed by atoms with Crippen LogP contribution in [-0.4, -0.2) is 9.76 Å². The van der Waals surface area contributed by atoms with Crippen LogP contribution in [-0.2, 0) is 0 Å². The maximum atomic E-state index is 3.37. The van der Waals surface area contributed by atoms with Crippen molar-refractivity contribution in [3.8, 4) is 0 Å². The predicted molar refractivity (Wildman–Crippen MR) is 41.8 cm³/mol. The average Bonchev–Trinajstić information content (AvgIpc) is 1.65. The van der Waals surface area contributed by atoms with Gasteiger partial charge in [0.25, 0.3) is 0 Å². The van der Waals surface area contributed by atoms with Gasteiger partial charge in [-0.05, 0) is 5.92 Å². The molecule has 0 radical (unpaired) electrons. The monoisotopic (exact) mass is 262 g/mol. The van der Waals surface area contributed by atoms with Crippen LogP contribution in [0.3, 0.4) is 0 Å². The minimum absolute atomic E-state index is 0.839. The highest BCUT2D eigenvalue weighted by molar-refractivity contribution is 14.1. The van der Waals surface area contributed by atoms with E-state index in [9.17, 15) is 0 Å². The van der Waals surface area contributed by atoms with E-state index in [-0.39, 0.29) is 0 Å². The summed E-state index contributed by atoms with van der Waals surface area (Å²) in [5.41, 5.74) is 0. The summed E-state index contributed by atoms with van der Waals surface area (Å²) < 4.78 is 1.25. The molecule has 0 aliphatic rings. The van der Waals surface area contributed by atoms with Crippen molar-refractivity contribution >= 4 is 38.5 Å². The molecular formula is C4H8BrI. The van der Waals surface area contributed by atoms with Crippen molar-refractivity contribution in [3.05, 3.63) is 0 Å².